The summed E-state index contributed by atoms with van der Waals surface area (Å²) in [5.74, 6) is -1.48. The average molecular weight is 339 g/mol. The second-order valence-electron chi connectivity index (χ2n) is 3.86. The Morgan fingerprint density at radius 3 is 2.60 bits per heavy atom. The monoisotopic (exact) mass is 338 g/mol. The lowest BCUT2D eigenvalue weighted by Crippen LogP contribution is -2.14. The van der Waals surface area contributed by atoms with Crippen LogP contribution in [0.1, 0.15) is 10.4 Å². The second-order valence-corrected chi connectivity index (χ2v) is 4.77. The number of nitro groups is 1. The summed E-state index contributed by atoms with van der Waals surface area (Å²) in [6.07, 6.45) is 0. The highest BCUT2D eigenvalue weighted by Gasteiger charge is 2.20. The number of para-hydroxylation sites is 1. The number of carbonyl (C=O) groups excluding carboxylic acids is 1. The molecule has 0 spiro atoms. The van der Waals surface area contributed by atoms with Crippen LogP contribution in [-0.2, 0) is 0 Å². The summed E-state index contributed by atoms with van der Waals surface area (Å²) in [6, 6.07) is 9.79. The maximum atomic E-state index is 13.6. The number of benzene rings is 2. The van der Waals surface area contributed by atoms with Gasteiger partial charge in [-0.2, -0.15) is 0 Å². The van der Waals surface area contributed by atoms with E-state index in [-0.39, 0.29) is 5.56 Å². The molecule has 2 rings (SSSR count). The lowest BCUT2D eigenvalue weighted by molar-refractivity contribution is -0.384. The maximum absolute atomic E-state index is 13.6. The Balaban J connectivity index is 2.35. The summed E-state index contributed by atoms with van der Waals surface area (Å²) in [6.45, 7) is 0. The van der Waals surface area contributed by atoms with E-state index in [9.17, 15) is 19.3 Å². The molecule has 0 aliphatic carbocycles. The largest absolute Gasteiger partial charge is 0.314 e. The molecule has 0 radical (unpaired) electrons. The number of rotatable bonds is 3. The first-order valence-corrected chi connectivity index (χ1v) is 6.28. The van der Waals surface area contributed by atoms with Gasteiger partial charge in [-0.1, -0.05) is 28.1 Å². The number of nitro benzene ring substituents is 1. The van der Waals surface area contributed by atoms with Crippen molar-refractivity contribution in [1.82, 2.24) is 0 Å². The number of amides is 1. The zero-order valence-corrected chi connectivity index (χ0v) is 11.6. The summed E-state index contributed by atoms with van der Waals surface area (Å²) in [5, 5.41) is 13.1. The molecule has 0 heterocycles. The smallest absolute Gasteiger partial charge is 0.295 e. The maximum Gasteiger partial charge on any atom is 0.295 e. The van der Waals surface area contributed by atoms with Gasteiger partial charge in [0.1, 0.15) is 0 Å². The number of nitrogens with one attached hydrogen (secondary N) is 1. The van der Waals surface area contributed by atoms with E-state index in [1.54, 1.807) is 12.1 Å². The zero-order valence-electron chi connectivity index (χ0n) is 9.97. The minimum atomic E-state index is -0.859. The molecule has 0 fully saturated rings. The van der Waals surface area contributed by atoms with Crippen LogP contribution in [0.2, 0.25) is 0 Å². The molecule has 1 N–H and O–H groups in total. The van der Waals surface area contributed by atoms with Crippen molar-refractivity contribution >= 4 is 33.2 Å². The van der Waals surface area contributed by atoms with Gasteiger partial charge in [-0.3, -0.25) is 14.9 Å². The summed E-state index contributed by atoms with van der Waals surface area (Å²) in [4.78, 5) is 22.0. The van der Waals surface area contributed by atoms with Gasteiger partial charge in [0.05, 0.1) is 4.92 Å². The molecular formula is C13H8BrFN2O3. The van der Waals surface area contributed by atoms with Gasteiger partial charge in [-0.15, -0.1) is 0 Å². The van der Waals surface area contributed by atoms with Gasteiger partial charge in [0.25, 0.3) is 11.6 Å². The van der Waals surface area contributed by atoms with Crippen molar-refractivity contribution in [1.29, 1.82) is 0 Å². The van der Waals surface area contributed by atoms with Gasteiger partial charge in [-0.05, 0) is 24.3 Å². The van der Waals surface area contributed by atoms with E-state index in [0.717, 1.165) is 12.1 Å². The van der Waals surface area contributed by atoms with Gasteiger partial charge < -0.3 is 5.32 Å². The van der Waals surface area contributed by atoms with Gasteiger partial charge >= 0.3 is 0 Å². The van der Waals surface area contributed by atoms with E-state index in [2.05, 4.69) is 21.2 Å². The molecule has 7 heteroatoms. The molecule has 0 aliphatic rings. The Morgan fingerprint density at radius 2 is 1.95 bits per heavy atom. The van der Waals surface area contributed by atoms with Crippen LogP contribution in [0.5, 0.6) is 0 Å². The van der Waals surface area contributed by atoms with Crippen molar-refractivity contribution in [3.8, 4) is 0 Å². The van der Waals surface area contributed by atoms with Crippen LogP contribution in [0.15, 0.2) is 46.9 Å². The molecular weight excluding hydrogens is 331 g/mol. The standard InChI is InChI=1S/C13H8BrFN2O3/c14-9-4-1-3-8(7-9)13(18)16-12-10(15)5-2-6-11(12)17(19)20/h1-7H,(H,16,18). The van der Waals surface area contributed by atoms with Crippen molar-refractivity contribution in [3.63, 3.8) is 0 Å². The predicted molar refractivity (Wildman–Crippen MR) is 75.1 cm³/mol. The fraction of sp³-hybridized carbons (Fsp3) is 0. The van der Waals surface area contributed by atoms with Crippen LogP contribution >= 0.6 is 15.9 Å². The van der Waals surface area contributed by atoms with E-state index in [4.69, 9.17) is 0 Å². The third-order valence-corrected chi connectivity index (χ3v) is 3.01. The van der Waals surface area contributed by atoms with E-state index < -0.39 is 28.0 Å². The van der Waals surface area contributed by atoms with E-state index in [1.807, 2.05) is 0 Å². The van der Waals surface area contributed by atoms with Crippen LogP contribution in [0.3, 0.4) is 0 Å². The predicted octanol–water partition coefficient (Wildman–Crippen LogP) is 3.75. The molecule has 0 aliphatic heterocycles. The molecule has 0 bridgehead atoms. The number of carbonyl (C=O) groups is 1. The lowest BCUT2D eigenvalue weighted by atomic mass is 10.2. The van der Waals surface area contributed by atoms with Crippen molar-refractivity contribution in [2.24, 2.45) is 0 Å². The van der Waals surface area contributed by atoms with Crippen molar-refractivity contribution in [3.05, 3.63) is 68.4 Å². The molecule has 5 nitrogen and oxygen atoms in total. The van der Waals surface area contributed by atoms with Crippen molar-refractivity contribution in [2.75, 3.05) is 5.32 Å². The van der Waals surface area contributed by atoms with Gasteiger partial charge in [0.2, 0.25) is 0 Å². The van der Waals surface area contributed by atoms with Gasteiger partial charge in [0, 0.05) is 16.1 Å². The SMILES string of the molecule is O=C(Nc1c(F)cccc1[N+](=O)[O-])c1cccc(Br)c1. The molecule has 1 amide bonds. The number of anilines is 1. The first-order valence-electron chi connectivity index (χ1n) is 5.49. The molecule has 0 saturated carbocycles. The van der Waals surface area contributed by atoms with Crippen molar-refractivity contribution in [2.45, 2.75) is 0 Å². The highest BCUT2D eigenvalue weighted by molar-refractivity contribution is 9.10. The Hall–Kier alpha value is -2.28. The molecule has 2 aromatic carbocycles. The number of halogens is 2. The minimum absolute atomic E-state index is 0.261. The molecule has 0 aromatic heterocycles. The number of hydrogen-bond acceptors (Lipinski definition) is 3. The molecule has 20 heavy (non-hydrogen) atoms. The van der Waals surface area contributed by atoms with E-state index in [0.29, 0.717) is 4.47 Å². The Kier molecular flexibility index (Phi) is 4.09. The highest BCUT2D eigenvalue weighted by Crippen LogP contribution is 2.27. The average Bonchev–Trinajstić information content (AvgIpc) is 2.40. The normalized spacial score (nSPS) is 10.1. The second kappa shape index (κ2) is 5.79. The first kappa shape index (κ1) is 14.1. The van der Waals surface area contributed by atoms with E-state index in [1.165, 1.54) is 18.2 Å². The number of hydrogen-bond donors (Lipinski definition) is 1. The lowest BCUT2D eigenvalue weighted by Gasteiger charge is -2.07. The summed E-state index contributed by atoms with van der Waals surface area (Å²) < 4.78 is 14.3. The Bertz CT molecular complexity index is 691. The molecule has 0 unspecified atom stereocenters. The first-order chi connectivity index (χ1) is 9.49. The van der Waals surface area contributed by atoms with Crippen molar-refractivity contribution < 1.29 is 14.1 Å². The summed E-state index contributed by atoms with van der Waals surface area (Å²) in [5.41, 5.74) is -0.673. The quantitative estimate of drug-likeness (QED) is 0.684. The molecule has 0 saturated heterocycles. The van der Waals surface area contributed by atoms with Gasteiger partial charge in [0.15, 0.2) is 11.5 Å². The Labute approximate surface area is 121 Å². The van der Waals surface area contributed by atoms with Crippen LogP contribution in [0.25, 0.3) is 0 Å². The van der Waals surface area contributed by atoms with Gasteiger partial charge in [-0.25, -0.2) is 4.39 Å². The fourth-order valence-corrected chi connectivity index (χ4v) is 2.00. The minimum Gasteiger partial charge on any atom is -0.314 e. The summed E-state index contributed by atoms with van der Waals surface area (Å²) >= 11 is 3.21. The topological polar surface area (TPSA) is 72.2 Å². The zero-order chi connectivity index (χ0) is 14.7. The van der Waals surface area contributed by atoms with Crippen LogP contribution in [0, 0.1) is 15.9 Å². The molecule has 2 aromatic rings. The third-order valence-electron chi connectivity index (χ3n) is 2.51. The molecule has 102 valence electrons. The highest BCUT2D eigenvalue weighted by atomic mass is 79.9. The third kappa shape index (κ3) is 3.00. The van der Waals surface area contributed by atoms with Crippen LogP contribution in [-0.4, -0.2) is 10.8 Å². The Morgan fingerprint density at radius 1 is 1.25 bits per heavy atom. The van der Waals surface area contributed by atoms with E-state index >= 15 is 0 Å². The summed E-state index contributed by atoms with van der Waals surface area (Å²) in [7, 11) is 0. The molecule has 0 atom stereocenters. The number of nitrogens with zero attached hydrogens (tertiary/aromatic N) is 1. The van der Waals surface area contributed by atoms with Crippen LogP contribution < -0.4 is 5.32 Å². The van der Waals surface area contributed by atoms with Crippen LogP contribution in [0.4, 0.5) is 15.8 Å². The fourth-order valence-electron chi connectivity index (χ4n) is 1.60.